The van der Waals surface area contributed by atoms with Crippen molar-refractivity contribution in [3.05, 3.63) is 57.2 Å². The summed E-state index contributed by atoms with van der Waals surface area (Å²) >= 11 is 7.44. The average Bonchev–Trinajstić information content (AvgIpc) is 2.86. The van der Waals surface area contributed by atoms with Crippen molar-refractivity contribution in [2.24, 2.45) is 0 Å². The highest BCUT2D eigenvalue weighted by molar-refractivity contribution is 7.16. The van der Waals surface area contributed by atoms with Gasteiger partial charge in [-0.2, -0.15) is 0 Å². The fourth-order valence-electron chi connectivity index (χ4n) is 2.25. The van der Waals surface area contributed by atoms with E-state index in [9.17, 15) is 4.79 Å². The second kappa shape index (κ2) is 6.91. The van der Waals surface area contributed by atoms with Crippen molar-refractivity contribution < 1.29 is 4.79 Å². The van der Waals surface area contributed by atoms with Crippen LogP contribution in [0.3, 0.4) is 0 Å². The fraction of sp³-hybridized carbons (Fsp3) is 0.312. The molecule has 1 amide bonds. The molecule has 1 aromatic carbocycles. The third-order valence-corrected chi connectivity index (χ3v) is 4.52. The van der Waals surface area contributed by atoms with Crippen LogP contribution >= 0.6 is 22.9 Å². The van der Waals surface area contributed by atoms with E-state index in [4.69, 9.17) is 11.6 Å². The summed E-state index contributed by atoms with van der Waals surface area (Å²) in [5, 5.41) is 0. The zero-order valence-corrected chi connectivity index (χ0v) is 13.2. The first kappa shape index (κ1) is 15.1. The summed E-state index contributed by atoms with van der Waals surface area (Å²) in [7, 11) is 1.85. The maximum absolute atomic E-state index is 12.6. The minimum absolute atomic E-state index is 0.0726. The molecule has 2 aromatic rings. The van der Waals surface area contributed by atoms with E-state index in [1.54, 1.807) is 4.90 Å². The first-order chi connectivity index (χ1) is 9.61. The Morgan fingerprint density at radius 1 is 1.25 bits per heavy atom. The predicted molar refractivity (Wildman–Crippen MR) is 85.3 cm³/mol. The fourth-order valence-corrected chi connectivity index (χ4v) is 3.39. The highest BCUT2D eigenvalue weighted by Crippen LogP contribution is 2.25. The zero-order chi connectivity index (χ0) is 14.5. The Labute approximate surface area is 129 Å². The molecule has 2 rings (SSSR count). The van der Waals surface area contributed by atoms with Gasteiger partial charge in [0.15, 0.2) is 0 Å². The molecule has 106 valence electrons. The molecule has 0 radical (unpaired) electrons. The van der Waals surface area contributed by atoms with Gasteiger partial charge in [-0.25, -0.2) is 0 Å². The van der Waals surface area contributed by atoms with Gasteiger partial charge in [0.25, 0.3) is 0 Å². The van der Waals surface area contributed by atoms with E-state index in [1.807, 2.05) is 56.4 Å². The molecule has 4 heteroatoms. The summed E-state index contributed by atoms with van der Waals surface area (Å²) in [5.41, 5.74) is 1.08. The molecule has 1 aromatic heterocycles. The highest BCUT2D eigenvalue weighted by atomic mass is 35.5. The van der Waals surface area contributed by atoms with Crippen molar-refractivity contribution in [2.45, 2.75) is 25.8 Å². The molecule has 1 unspecified atom stereocenters. The molecule has 0 aliphatic carbocycles. The quantitative estimate of drug-likeness (QED) is 0.793. The molecule has 0 aliphatic rings. The highest BCUT2D eigenvalue weighted by Gasteiger charge is 2.22. The monoisotopic (exact) mass is 307 g/mol. The SMILES string of the molecule is CCC(C(=O)N(C)Cc1ccc(Cl)s1)c1ccccc1. The molecule has 0 aliphatic heterocycles. The number of hydrogen-bond acceptors (Lipinski definition) is 2. The summed E-state index contributed by atoms with van der Waals surface area (Å²) in [4.78, 5) is 15.5. The first-order valence-corrected chi connectivity index (χ1v) is 7.85. The van der Waals surface area contributed by atoms with E-state index in [0.717, 1.165) is 21.2 Å². The van der Waals surface area contributed by atoms with Crippen LogP contribution in [-0.4, -0.2) is 17.9 Å². The van der Waals surface area contributed by atoms with Gasteiger partial charge < -0.3 is 4.90 Å². The Kier molecular flexibility index (Phi) is 5.21. The number of benzene rings is 1. The van der Waals surface area contributed by atoms with Gasteiger partial charge in [-0.15, -0.1) is 11.3 Å². The third kappa shape index (κ3) is 3.62. The molecule has 0 N–H and O–H groups in total. The second-order valence-electron chi connectivity index (χ2n) is 4.77. The normalized spacial score (nSPS) is 12.2. The largest absolute Gasteiger partial charge is 0.340 e. The van der Waals surface area contributed by atoms with E-state index < -0.39 is 0 Å². The van der Waals surface area contributed by atoms with E-state index in [1.165, 1.54) is 11.3 Å². The van der Waals surface area contributed by atoms with Crippen LogP contribution in [0.15, 0.2) is 42.5 Å². The Morgan fingerprint density at radius 2 is 1.95 bits per heavy atom. The van der Waals surface area contributed by atoms with Gasteiger partial charge in [-0.1, -0.05) is 48.9 Å². The van der Waals surface area contributed by atoms with Crippen LogP contribution in [0.25, 0.3) is 0 Å². The number of rotatable bonds is 5. The van der Waals surface area contributed by atoms with Gasteiger partial charge in [0.1, 0.15) is 0 Å². The summed E-state index contributed by atoms with van der Waals surface area (Å²) in [5.74, 6) is 0.0832. The Balaban J connectivity index is 2.08. The van der Waals surface area contributed by atoms with E-state index in [2.05, 4.69) is 0 Å². The van der Waals surface area contributed by atoms with Gasteiger partial charge in [-0.05, 0) is 24.1 Å². The Morgan fingerprint density at radius 3 is 2.50 bits per heavy atom. The standard InChI is InChI=1S/C16H18ClNOS/c1-3-14(12-7-5-4-6-8-12)16(19)18(2)11-13-9-10-15(17)20-13/h4-10,14H,3,11H2,1-2H3. The topological polar surface area (TPSA) is 20.3 Å². The number of nitrogens with zero attached hydrogens (tertiary/aromatic N) is 1. The van der Waals surface area contributed by atoms with Gasteiger partial charge in [-0.3, -0.25) is 4.79 Å². The van der Waals surface area contributed by atoms with Crippen LogP contribution in [0.2, 0.25) is 4.34 Å². The smallest absolute Gasteiger partial charge is 0.230 e. The number of likely N-dealkylation sites (N-methyl/N-ethyl adjacent to an activating group) is 1. The number of carbonyl (C=O) groups excluding carboxylic acids is 1. The third-order valence-electron chi connectivity index (χ3n) is 3.31. The number of hydrogen-bond donors (Lipinski definition) is 0. The van der Waals surface area contributed by atoms with Crippen molar-refractivity contribution in [3.63, 3.8) is 0 Å². The van der Waals surface area contributed by atoms with E-state index in [0.29, 0.717) is 6.54 Å². The van der Waals surface area contributed by atoms with Gasteiger partial charge in [0.05, 0.1) is 16.8 Å². The lowest BCUT2D eigenvalue weighted by Crippen LogP contribution is -2.30. The van der Waals surface area contributed by atoms with E-state index in [-0.39, 0.29) is 11.8 Å². The van der Waals surface area contributed by atoms with Gasteiger partial charge in [0.2, 0.25) is 5.91 Å². The van der Waals surface area contributed by atoms with Gasteiger partial charge in [0, 0.05) is 11.9 Å². The summed E-state index contributed by atoms with van der Waals surface area (Å²) in [6.07, 6.45) is 0.804. The predicted octanol–water partition coefficient (Wildman–Crippen LogP) is 4.55. The Bertz CT molecular complexity index is 567. The lowest BCUT2D eigenvalue weighted by molar-refractivity contribution is -0.132. The number of carbonyl (C=O) groups is 1. The number of thiophene rings is 1. The second-order valence-corrected chi connectivity index (χ2v) is 6.57. The summed E-state index contributed by atoms with van der Waals surface area (Å²) in [6.45, 7) is 2.66. The molecule has 20 heavy (non-hydrogen) atoms. The van der Waals surface area contributed by atoms with Gasteiger partial charge >= 0.3 is 0 Å². The van der Waals surface area contributed by atoms with Crippen molar-refractivity contribution in [1.82, 2.24) is 4.90 Å². The molecular weight excluding hydrogens is 290 g/mol. The molecule has 0 spiro atoms. The van der Waals surface area contributed by atoms with Crippen molar-refractivity contribution >= 4 is 28.8 Å². The van der Waals surface area contributed by atoms with Crippen molar-refractivity contribution in [2.75, 3.05) is 7.05 Å². The minimum atomic E-state index is -0.0726. The van der Waals surface area contributed by atoms with E-state index >= 15 is 0 Å². The first-order valence-electron chi connectivity index (χ1n) is 6.66. The lowest BCUT2D eigenvalue weighted by Gasteiger charge is -2.23. The Hall–Kier alpha value is -1.32. The van der Waals surface area contributed by atoms with Crippen LogP contribution in [0.5, 0.6) is 0 Å². The summed E-state index contributed by atoms with van der Waals surface area (Å²) in [6, 6.07) is 13.8. The lowest BCUT2D eigenvalue weighted by atomic mass is 9.95. The van der Waals surface area contributed by atoms with Crippen LogP contribution in [0.1, 0.15) is 29.7 Å². The van der Waals surface area contributed by atoms with Crippen LogP contribution in [-0.2, 0) is 11.3 Å². The minimum Gasteiger partial charge on any atom is -0.340 e. The summed E-state index contributed by atoms with van der Waals surface area (Å²) < 4.78 is 0.760. The average molecular weight is 308 g/mol. The number of amides is 1. The molecule has 2 nitrogen and oxygen atoms in total. The molecule has 0 bridgehead atoms. The zero-order valence-electron chi connectivity index (χ0n) is 11.7. The maximum atomic E-state index is 12.6. The molecule has 0 fully saturated rings. The van der Waals surface area contributed by atoms with Crippen molar-refractivity contribution in [1.29, 1.82) is 0 Å². The number of halogens is 1. The molecule has 1 heterocycles. The molecule has 0 saturated carbocycles. The maximum Gasteiger partial charge on any atom is 0.230 e. The van der Waals surface area contributed by atoms with Crippen molar-refractivity contribution in [3.8, 4) is 0 Å². The van der Waals surface area contributed by atoms with Crippen LogP contribution < -0.4 is 0 Å². The van der Waals surface area contributed by atoms with Crippen LogP contribution in [0.4, 0.5) is 0 Å². The molecule has 1 atom stereocenters. The molecule has 0 saturated heterocycles. The van der Waals surface area contributed by atoms with Crippen LogP contribution in [0, 0.1) is 0 Å². The molecular formula is C16H18ClNOS.